The molecule has 0 saturated carbocycles. The Morgan fingerprint density at radius 1 is 0.493 bits per heavy atom. The molecule has 0 spiro atoms. The number of carbonyl (C=O) groups excluding carboxylic acids is 3. The topological polar surface area (TPSA) is 106 Å². The van der Waals surface area contributed by atoms with Crippen LogP contribution in [0.5, 0.6) is 0 Å². The van der Waals surface area contributed by atoms with E-state index in [1.54, 1.807) is 0 Å². The maximum absolute atomic E-state index is 13.1. The Kier molecular flexibility index (Phi) is 41.8. The fourth-order valence-electron chi connectivity index (χ4n) is 10.1. The lowest BCUT2D eigenvalue weighted by Crippen LogP contribution is -2.47. The first-order valence-electron chi connectivity index (χ1n) is 29.2. The molecule has 0 aromatic carbocycles. The number of rotatable bonds is 49. The maximum Gasteiger partial charge on any atom is 0.407 e. The molecule has 3 unspecified atom stereocenters. The van der Waals surface area contributed by atoms with Crippen molar-refractivity contribution in [2.24, 2.45) is 16.7 Å². The standard InChI is InChI=1S/C59H117N3O5/c1-11-15-17-19-21-23-25-27-29-31-33-35-37-39-41-43-54(63)60-47-53(62-55(64)44-42-40-38-36-34-32-30-28-26-24-22-20-18-16-12-2)48-66-56(65)61-51-58(8,9)49-57(6,7)50-59(10,14-4)67-46-45-52(5)13-3/h52-53H,11-51H2,1-10H3,(H,60,63)(H,61,65)(H,62,64). The molecule has 0 aromatic heterocycles. The van der Waals surface area contributed by atoms with Crippen molar-refractivity contribution in [1.29, 1.82) is 0 Å². The first-order valence-corrected chi connectivity index (χ1v) is 29.2. The highest BCUT2D eigenvalue weighted by Gasteiger charge is 2.36. The van der Waals surface area contributed by atoms with Gasteiger partial charge in [-0.05, 0) is 62.2 Å². The minimum atomic E-state index is -0.497. The van der Waals surface area contributed by atoms with Crippen molar-refractivity contribution in [3.8, 4) is 0 Å². The number of unbranched alkanes of at least 4 members (excludes halogenated alkanes) is 28. The normalized spacial score (nSPS) is 13.8. The fourth-order valence-corrected chi connectivity index (χ4v) is 10.1. The van der Waals surface area contributed by atoms with Crippen molar-refractivity contribution in [3.05, 3.63) is 0 Å². The molecule has 398 valence electrons. The third kappa shape index (κ3) is 42.7. The number of carbonyl (C=O) groups is 3. The van der Waals surface area contributed by atoms with Crippen molar-refractivity contribution in [1.82, 2.24) is 16.0 Å². The van der Waals surface area contributed by atoms with Gasteiger partial charge in [-0.1, -0.05) is 249 Å². The Bertz CT molecular complexity index is 1160. The van der Waals surface area contributed by atoms with Gasteiger partial charge < -0.3 is 25.4 Å². The van der Waals surface area contributed by atoms with Gasteiger partial charge in [-0.2, -0.15) is 0 Å². The highest BCUT2D eigenvalue weighted by molar-refractivity contribution is 5.77. The van der Waals surface area contributed by atoms with Gasteiger partial charge in [0.2, 0.25) is 11.8 Å². The van der Waals surface area contributed by atoms with Crippen LogP contribution in [0.3, 0.4) is 0 Å². The third-order valence-corrected chi connectivity index (χ3v) is 14.4. The number of hydrogen-bond donors (Lipinski definition) is 3. The summed E-state index contributed by atoms with van der Waals surface area (Å²) in [6.45, 7) is 24.0. The van der Waals surface area contributed by atoms with Crippen LogP contribution in [-0.4, -0.2) is 55.9 Å². The van der Waals surface area contributed by atoms with E-state index in [9.17, 15) is 14.4 Å². The van der Waals surface area contributed by atoms with Crippen LogP contribution in [0.4, 0.5) is 4.79 Å². The van der Waals surface area contributed by atoms with Crippen LogP contribution in [0.25, 0.3) is 0 Å². The Balaban J connectivity index is 4.84. The summed E-state index contributed by atoms with van der Waals surface area (Å²) in [5.41, 5.74) is -0.356. The molecule has 0 aliphatic heterocycles. The van der Waals surface area contributed by atoms with Crippen LogP contribution in [0.2, 0.25) is 0 Å². The van der Waals surface area contributed by atoms with Crippen LogP contribution < -0.4 is 16.0 Å². The van der Waals surface area contributed by atoms with E-state index in [1.807, 2.05) is 0 Å². The lowest BCUT2D eigenvalue weighted by molar-refractivity contribution is -0.124. The molecule has 0 heterocycles. The second-order valence-corrected chi connectivity index (χ2v) is 23.1. The van der Waals surface area contributed by atoms with Gasteiger partial charge >= 0.3 is 6.09 Å². The molecule has 3 N–H and O–H groups in total. The van der Waals surface area contributed by atoms with E-state index in [0.717, 1.165) is 64.4 Å². The van der Waals surface area contributed by atoms with E-state index in [1.165, 1.54) is 167 Å². The first-order chi connectivity index (χ1) is 32.1. The Labute approximate surface area is 417 Å². The molecule has 67 heavy (non-hydrogen) atoms. The van der Waals surface area contributed by atoms with E-state index < -0.39 is 12.1 Å². The minimum absolute atomic E-state index is 0.00287. The van der Waals surface area contributed by atoms with E-state index in [4.69, 9.17) is 9.47 Å². The molecule has 0 bridgehead atoms. The Morgan fingerprint density at radius 2 is 0.896 bits per heavy atom. The molecular weight excluding hydrogens is 831 g/mol. The number of amides is 3. The molecule has 0 radical (unpaired) electrons. The zero-order valence-electron chi connectivity index (χ0n) is 46.7. The second kappa shape index (κ2) is 43.0. The lowest BCUT2D eigenvalue weighted by Gasteiger charge is -2.41. The van der Waals surface area contributed by atoms with Gasteiger partial charge in [-0.25, -0.2) is 4.79 Å². The molecule has 0 aromatic rings. The molecule has 0 aliphatic carbocycles. The molecule has 0 rings (SSSR count). The largest absolute Gasteiger partial charge is 0.447 e. The summed E-state index contributed by atoms with van der Waals surface area (Å²) in [7, 11) is 0. The number of nitrogens with one attached hydrogen (secondary N) is 3. The average Bonchev–Trinajstić information content (AvgIpc) is 3.28. The zero-order chi connectivity index (χ0) is 49.9. The molecule has 3 amide bonds. The molecule has 0 aliphatic rings. The average molecular weight is 949 g/mol. The van der Waals surface area contributed by atoms with Crippen LogP contribution in [0, 0.1) is 16.7 Å². The van der Waals surface area contributed by atoms with Crippen molar-refractivity contribution in [2.75, 3.05) is 26.3 Å². The molecular formula is C59H117N3O5. The molecule has 3 atom stereocenters. The number of hydrogen-bond acceptors (Lipinski definition) is 5. The summed E-state index contributed by atoms with van der Waals surface area (Å²) in [6, 6.07) is -0.487. The van der Waals surface area contributed by atoms with Gasteiger partial charge in [0.05, 0.1) is 11.6 Å². The van der Waals surface area contributed by atoms with Crippen LogP contribution in [-0.2, 0) is 19.1 Å². The van der Waals surface area contributed by atoms with E-state index in [0.29, 0.717) is 25.3 Å². The van der Waals surface area contributed by atoms with E-state index in [-0.39, 0.29) is 41.4 Å². The summed E-state index contributed by atoms with van der Waals surface area (Å²) in [6.07, 6.45) is 44.1. The van der Waals surface area contributed by atoms with Gasteiger partial charge in [0.1, 0.15) is 6.61 Å². The highest BCUT2D eigenvalue weighted by Crippen LogP contribution is 2.41. The molecule has 8 nitrogen and oxygen atoms in total. The predicted molar refractivity (Wildman–Crippen MR) is 289 cm³/mol. The maximum atomic E-state index is 13.1. The zero-order valence-corrected chi connectivity index (χ0v) is 46.7. The fraction of sp³-hybridized carbons (Fsp3) is 0.949. The predicted octanol–water partition coefficient (Wildman–Crippen LogP) is 17.3. The van der Waals surface area contributed by atoms with Crippen molar-refractivity contribution in [3.63, 3.8) is 0 Å². The minimum Gasteiger partial charge on any atom is -0.447 e. The SMILES string of the molecule is CCCCCCCCCCCCCCCCCC(=O)NCC(COC(=O)NCC(C)(C)CC(C)(C)CC(C)(CC)OCCC(C)CC)NC(=O)CCCCCCCCCCCCCCCCC. The number of alkyl carbamates (subject to hydrolysis) is 1. The number of ether oxygens (including phenoxy) is 2. The quantitative estimate of drug-likeness (QED) is 0.0527. The summed E-state index contributed by atoms with van der Waals surface area (Å²) >= 11 is 0. The molecule has 0 fully saturated rings. The van der Waals surface area contributed by atoms with E-state index >= 15 is 0 Å². The van der Waals surface area contributed by atoms with Gasteiger partial charge in [0.25, 0.3) is 0 Å². The van der Waals surface area contributed by atoms with Crippen LogP contribution in [0.1, 0.15) is 307 Å². The summed E-state index contributed by atoms with van der Waals surface area (Å²) < 4.78 is 12.2. The van der Waals surface area contributed by atoms with Crippen LogP contribution >= 0.6 is 0 Å². The monoisotopic (exact) mass is 948 g/mol. The molecule has 0 saturated heterocycles. The highest BCUT2D eigenvalue weighted by atomic mass is 16.5. The van der Waals surface area contributed by atoms with Crippen LogP contribution in [0.15, 0.2) is 0 Å². The van der Waals surface area contributed by atoms with Crippen molar-refractivity contribution in [2.45, 2.75) is 318 Å². The molecule has 8 heteroatoms. The van der Waals surface area contributed by atoms with Gasteiger partial charge in [0.15, 0.2) is 0 Å². The van der Waals surface area contributed by atoms with Crippen molar-refractivity contribution >= 4 is 17.9 Å². The first kappa shape index (κ1) is 65.2. The smallest absolute Gasteiger partial charge is 0.407 e. The Morgan fingerprint density at radius 3 is 1.30 bits per heavy atom. The summed E-state index contributed by atoms with van der Waals surface area (Å²) in [4.78, 5) is 39.1. The second-order valence-electron chi connectivity index (χ2n) is 23.1. The third-order valence-electron chi connectivity index (χ3n) is 14.4. The van der Waals surface area contributed by atoms with Crippen molar-refractivity contribution < 1.29 is 23.9 Å². The lowest BCUT2D eigenvalue weighted by atomic mass is 9.69. The van der Waals surface area contributed by atoms with E-state index in [2.05, 4.69) is 85.2 Å². The van der Waals surface area contributed by atoms with Gasteiger partial charge in [-0.15, -0.1) is 0 Å². The summed E-state index contributed by atoms with van der Waals surface area (Å²) in [5.74, 6) is 0.610. The Hall–Kier alpha value is -1.83. The van der Waals surface area contributed by atoms with Gasteiger partial charge in [0, 0.05) is 32.5 Å². The van der Waals surface area contributed by atoms with Gasteiger partial charge in [-0.3, -0.25) is 9.59 Å². The summed E-state index contributed by atoms with van der Waals surface area (Å²) in [5, 5.41) is 9.13.